The number of rotatable bonds is 3. The number of methoxy groups -OCH3 is 1. The zero-order valence-corrected chi connectivity index (χ0v) is 16.5. The largest absolute Gasteiger partial charge is 0.497 e. The van der Waals surface area contributed by atoms with Gasteiger partial charge in [-0.05, 0) is 83.7 Å². The van der Waals surface area contributed by atoms with E-state index < -0.39 is 0 Å². The van der Waals surface area contributed by atoms with Crippen molar-refractivity contribution in [3.05, 3.63) is 72.0 Å². The van der Waals surface area contributed by atoms with Gasteiger partial charge >= 0.3 is 0 Å². The predicted molar refractivity (Wildman–Crippen MR) is 114 cm³/mol. The maximum atomic E-state index is 13.1. The van der Waals surface area contributed by atoms with Crippen molar-refractivity contribution in [3.63, 3.8) is 0 Å². The van der Waals surface area contributed by atoms with Gasteiger partial charge in [0.1, 0.15) is 17.3 Å². The Kier molecular flexibility index (Phi) is 5.44. The fourth-order valence-corrected chi connectivity index (χ4v) is 3.97. The monoisotopic (exact) mass is 395 g/mol. The van der Waals surface area contributed by atoms with Crippen LogP contribution in [0.2, 0.25) is 0 Å². The van der Waals surface area contributed by atoms with Crippen molar-refractivity contribution in [2.24, 2.45) is 0 Å². The van der Waals surface area contributed by atoms with Crippen LogP contribution in [0.3, 0.4) is 0 Å². The van der Waals surface area contributed by atoms with Crippen LogP contribution in [-0.2, 0) is 0 Å². The average molecular weight is 395 g/mol. The first-order chi connectivity index (χ1) is 13.6. The number of hydrogen-bond donors (Lipinski definition) is 0. The second-order valence-electron chi connectivity index (χ2n) is 7.06. The Bertz CT molecular complexity index is 982. The van der Waals surface area contributed by atoms with E-state index in [4.69, 9.17) is 21.7 Å². The van der Waals surface area contributed by atoms with Gasteiger partial charge in [-0.15, -0.1) is 0 Å². The molecular weight excluding hydrogens is 373 g/mol. The number of nitrogens with zero attached hydrogens (tertiary/aromatic N) is 1. The molecule has 0 bridgehead atoms. The molecule has 0 aliphatic carbocycles. The van der Waals surface area contributed by atoms with E-state index in [0.717, 1.165) is 48.2 Å². The van der Waals surface area contributed by atoms with Crippen LogP contribution in [0.25, 0.3) is 10.8 Å². The summed E-state index contributed by atoms with van der Waals surface area (Å²) in [4.78, 5) is 2.10. The fourth-order valence-electron chi connectivity index (χ4n) is 3.69. The predicted octanol–water partition coefficient (Wildman–Crippen LogP) is 5.53. The lowest BCUT2D eigenvalue weighted by Crippen LogP contribution is -2.39. The molecule has 4 rings (SSSR count). The topological polar surface area (TPSA) is 21.7 Å². The molecular formula is C23H22FNO2S. The zero-order chi connectivity index (χ0) is 19.5. The number of hydrogen-bond acceptors (Lipinski definition) is 3. The third kappa shape index (κ3) is 4.09. The summed E-state index contributed by atoms with van der Waals surface area (Å²) >= 11 is 5.53. The van der Waals surface area contributed by atoms with Crippen LogP contribution in [0.15, 0.2) is 60.7 Å². The molecule has 0 spiro atoms. The minimum absolute atomic E-state index is 0.191. The first-order valence-electron chi connectivity index (χ1n) is 9.42. The Morgan fingerprint density at radius 1 is 0.929 bits per heavy atom. The molecule has 1 aliphatic rings. The summed E-state index contributed by atoms with van der Waals surface area (Å²) in [6, 6.07) is 18.7. The molecule has 0 radical (unpaired) electrons. The zero-order valence-electron chi connectivity index (χ0n) is 15.7. The van der Waals surface area contributed by atoms with Crippen molar-refractivity contribution in [1.29, 1.82) is 0 Å². The first-order valence-corrected chi connectivity index (χ1v) is 9.83. The van der Waals surface area contributed by atoms with Gasteiger partial charge in [0.2, 0.25) is 0 Å². The molecule has 1 aliphatic heterocycles. The van der Waals surface area contributed by atoms with E-state index in [-0.39, 0.29) is 5.82 Å². The molecule has 28 heavy (non-hydrogen) atoms. The van der Waals surface area contributed by atoms with Crippen molar-refractivity contribution in [3.8, 4) is 11.5 Å². The highest BCUT2D eigenvalue weighted by atomic mass is 32.1. The smallest absolute Gasteiger partial charge is 0.264 e. The van der Waals surface area contributed by atoms with E-state index in [9.17, 15) is 4.39 Å². The lowest BCUT2D eigenvalue weighted by molar-refractivity contribution is 0.279. The fraction of sp³-hybridized carbons (Fsp3) is 0.261. The van der Waals surface area contributed by atoms with Gasteiger partial charge in [-0.1, -0.05) is 24.3 Å². The lowest BCUT2D eigenvalue weighted by Gasteiger charge is -2.33. The molecule has 3 aromatic carbocycles. The van der Waals surface area contributed by atoms with Crippen LogP contribution in [0.1, 0.15) is 24.3 Å². The van der Waals surface area contributed by atoms with E-state index in [1.165, 1.54) is 17.7 Å². The van der Waals surface area contributed by atoms with Gasteiger partial charge < -0.3 is 14.4 Å². The summed E-state index contributed by atoms with van der Waals surface area (Å²) in [5.41, 5.74) is 1.19. The molecule has 1 heterocycles. The van der Waals surface area contributed by atoms with Gasteiger partial charge in [-0.3, -0.25) is 0 Å². The molecule has 3 aromatic rings. The lowest BCUT2D eigenvalue weighted by atomic mass is 9.90. The highest BCUT2D eigenvalue weighted by molar-refractivity contribution is 7.80. The second-order valence-corrected chi connectivity index (χ2v) is 7.40. The van der Waals surface area contributed by atoms with Crippen molar-refractivity contribution in [2.45, 2.75) is 18.8 Å². The summed E-state index contributed by atoms with van der Waals surface area (Å²) in [6.07, 6.45) is 1.95. The summed E-state index contributed by atoms with van der Waals surface area (Å²) in [5.74, 6) is 1.79. The first kappa shape index (κ1) is 18.7. The molecule has 144 valence electrons. The Labute approximate surface area is 169 Å². The Balaban J connectivity index is 1.39. The van der Waals surface area contributed by atoms with Crippen LogP contribution >= 0.6 is 12.2 Å². The molecule has 1 fully saturated rings. The summed E-state index contributed by atoms with van der Waals surface area (Å²) < 4.78 is 24.4. The third-order valence-corrected chi connectivity index (χ3v) is 5.66. The van der Waals surface area contributed by atoms with E-state index in [1.807, 2.05) is 48.5 Å². The van der Waals surface area contributed by atoms with E-state index in [0.29, 0.717) is 11.1 Å². The van der Waals surface area contributed by atoms with Crippen LogP contribution < -0.4 is 9.47 Å². The molecule has 3 nitrogen and oxygen atoms in total. The highest BCUT2D eigenvalue weighted by Crippen LogP contribution is 2.29. The number of halogens is 1. The number of fused-ring (bicyclic) bond motifs is 1. The van der Waals surface area contributed by atoms with Gasteiger partial charge in [-0.25, -0.2) is 4.39 Å². The van der Waals surface area contributed by atoms with Gasteiger partial charge in [0.05, 0.1) is 7.11 Å². The quantitative estimate of drug-likeness (QED) is 0.544. The molecule has 0 amide bonds. The van der Waals surface area contributed by atoms with Gasteiger partial charge in [0.15, 0.2) is 0 Å². The van der Waals surface area contributed by atoms with Crippen LogP contribution in [0.5, 0.6) is 11.5 Å². The molecule has 0 unspecified atom stereocenters. The van der Waals surface area contributed by atoms with Crippen LogP contribution in [-0.4, -0.2) is 30.3 Å². The Hall–Kier alpha value is -2.66. The average Bonchev–Trinajstić information content (AvgIpc) is 2.74. The molecule has 0 N–H and O–H groups in total. The van der Waals surface area contributed by atoms with E-state index in [1.54, 1.807) is 7.11 Å². The number of ether oxygens (including phenoxy) is 2. The van der Waals surface area contributed by atoms with Crippen LogP contribution in [0, 0.1) is 5.82 Å². The molecule has 0 aromatic heterocycles. The van der Waals surface area contributed by atoms with E-state index in [2.05, 4.69) is 4.90 Å². The SMILES string of the molecule is COc1ccc2ccc(OC(=S)N3CCC(c4ccc(F)cc4)CC3)cc2c1. The minimum atomic E-state index is -0.191. The van der Waals surface area contributed by atoms with Crippen molar-refractivity contribution in [1.82, 2.24) is 4.90 Å². The van der Waals surface area contributed by atoms with Gasteiger partial charge in [0, 0.05) is 13.1 Å². The van der Waals surface area contributed by atoms with Crippen molar-refractivity contribution in [2.75, 3.05) is 20.2 Å². The molecule has 0 saturated carbocycles. The van der Waals surface area contributed by atoms with E-state index >= 15 is 0 Å². The Morgan fingerprint density at radius 2 is 1.57 bits per heavy atom. The second kappa shape index (κ2) is 8.15. The van der Waals surface area contributed by atoms with Crippen molar-refractivity contribution >= 4 is 28.2 Å². The summed E-state index contributed by atoms with van der Waals surface area (Å²) in [5, 5.41) is 2.67. The number of likely N-dealkylation sites (tertiary alicyclic amines) is 1. The normalized spacial score (nSPS) is 14.9. The number of benzene rings is 3. The maximum absolute atomic E-state index is 13.1. The minimum Gasteiger partial charge on any atom is -0.497 e. The van der Waals surface area contributed by atoms with Crippen LogP contribution in [0.4, 0.5) is 4.39 Å². The standard InChI is InChI=1S/C23H22FNO2S/c1-26-21-8-4-17-5-9-22(15-19(17)14-21)27-23(28)25-12-10-18(11-13-25)16-2-6-20(24)7-3-16/h2-9,14-15,18H,10-13H2,1H3. The molecule has 5 heteroatoms. The maximum Gasteiger partial charge on any atom is 0.264 e. The molecule has 1 saturated heterocycles. The van der Waals surface area contributed by atoms with Crippen molar-refractivity contribution < 1.29 is 13.9 Å². The third-order valence-electron chi connectivity index (χ3n) is 5.32. The molecule has 0 atom stereocenters. The number of thiocarbonyl (C=S) groups is 1. The Morgan fingerprint density at radius 3 is 2.25 bits per heavy atom. The summed E-state index contributed by atoms with van der Waals surface area (Å²) in [7, 11) is 1.66. The highest BCUT2D eigenvalue weighted by Gasteiger charge is 2.23. The number of piperidine rings is 1. The van der Waals surface area contributed by atoms with Gasteiger partial charge in [0.25, 0.3) is 5.17 Å². The summed E-state index contributed by atoms with van der Waals surface area (Å²) in [6.45, 7) is 1.67. The van der Waals surface area contributed by atoms with Gasteiger partial charge in [-0.2, -0.15) is 0 Å².